The van der Waals surface area contributed by atoms with Gasteiger partial charge >= 0.3 is 11.5 Å². The van der Waals surface area contributed by atoms with Gasteiger partial charge in [0.2, 0.25) is 0 Å². The fourth-order valence-corrected chi connectivity index (χ4v) is 1.49. The summed E-state index contributed by atoms with van der Waals surface area (Å²) in [5.41, 5.74) is 0.343. The Kier molecular flexibility index (Phi) is 5.23. The number of rotatable bonds is 3. The number of ether oxygens (including phenoxy) is 1. The molecule has 1 aromatic rings. The molecule has 1 unspecified atom stereocenters. The highest BCUT2D eigenvalue weighted by atomic mass is 16.5. The Balaban J connectivity index is 0.000000180. The summed E-state index contributed by atoms with van der Waals surface area (Å²) in [6, 6.07) is 0. The van der Waals surface area contributed by atoms with E-state index in [0.29, 0.717) is 12.1 Å². The number of anilines is 1. The molecule has 0 aliphatic carbocycles. The number of aromatic amines is 1. The SMILES string of the molecule is C=CCC1CCC(=O)O1.CN(C)c1co[nH]c1=O. The molecular weight excluding hydrogens is 236 g/mol. The molecule has 2 heterocycles. The van der Waals surface area contributed by atoms with Gasteiger partial charge in [0.05, 0.1) is 0 Å². The highest BCUT2D eigenvalue weighted by molar-refractivity contribution is 5.71. The van der Waals surface area contributed by atoms with E-state index in [4.69, 9.17) is 4.74 Å². The minimum Gasteiger partial charge on any atom is -0.462 e. The third kappa shape index (κ3) is 4.12. The van der Waals surface area contributed by atoms with Crippen LogP contribution < -0.4 is 10.5 Å². The van der Waals surface area contributed by atoms with Crippen LogP contribution in [0.15, 0.2) is 28.2 Å². The van der Waals surface area contributed by atoms with E-state index in [1.54, 1.807) is 25.1 Å². The number of aromatic nitrogens is 1. The normalized spacial score (nSPS) is 17.7. The Morgan fingerprint density at radius 3 is 2.61 bits per heavy atom. The summed E-state index contributed by atoms with van der Waals surface area (Å²) in [5, 5.41) is 2.18. The molecule has 0 saturated carbocycles. The first-order chi connectivity index (χ1) is 8.54. The molecule has 2 rings (SSSR count). The van der Waals surface area contributed by atoms with Gasteiger partial charge in [-0.15, -0.1) is 6.58 Å². The van der Waals surface area contributed by atoms with Gasteiger partial charge < -0.3 is 14.2 Å². The van der Waals surface area contributed by atoms with Crippen molar-refractivity contribution in [3.8, 4) is 0 Å². The maximum absolute atomic E-state index is 10.7. The van der Waals surface area contributed by atoms with E-state index in [1.165, 1.54) is 6.26 Å². The molecule has 100 valence electrons. The lowest BCUT2D eigenvalue weighted by molar-refractivity contribution is -0.141. The summed E-state index contributed by atoms with van der Waals surface area (Å²) in [5.74, 6) is -0.0677. The molecule has 0 amide bonds. The van der Waals surface area contributed by atoms with Crippen LogP contribution >= 0.6 is 0 Å². The first-order valence-corrected chi connectivity index (χ1v) is 5.68. The number of hydrogen-bond acceptors (Lipinski definition) is 5. The molecule has 1 atom stereocenters. The quantitative estimate of drug-likeness (QED) is 0.650. The number of hydrogen-bond donors (Lipinski definition) is 1. The molecular formula is C12H18N2O4. The Bertz CT molecular complexity index is 447. The molecule has 1 aliphatic heterocycles. The molecule has 1 aliphatic rings. The van der Waals surface area contributed by atoms with Gasteiger partial charge in [0.15, 0.2) is 0 Å². The van der Waals surface area contributed by atoms with Gasteiger partial charge in [-0.3, -0.25) is 9.59 Å². The number of carbonyl (C=O) groups excluding carboxylic acids is 1. The predicted octanol–water partition coefficient (Wildman–Crippen LogP) is 1.30. The topological polar surface area (TPSA) is 75.5 Å². The van der Waals surface area contributed by atoms with E-state index in [-0.39, 0.29) is 17.6 Å². The van der Waals surface area contributed by atoms with Crippen LogP contribution in [0, 0.1) is 0 Å². The minimum atomic E-state index is -0.194. The molecule has 6 nitrogen and oxygen atoms in total. The molecule has 0 radical (unpaired) electrons. The van der Waals surface area contributed by atoms with E-state index in [2.05, 4.69) is 16.3 Å². The Morgan fingerprint density at radius 1 is 1.56 bits per heavy atom. The zero-order chi connectivity index (χ0) is 13.5. The van der Waals surface area contributed by atoms with Crippen LogP contribution in [0.5, 0.6) is 0 Å². The molecule has 0 bridgehead atoms. The first-order valence-electron chi connectivity index (χ1n) is 5.68. The zero-order valence-corrected chi connectivity index (χ0v) is 10.6. The maximum Gasteiger partial charge on any atom is 0.306 e. The highest BCUT2D eigenvalue weighted by Gasteiger charge is 2.21. The summed E-state index contributed by atoms with van der Waals surface area (Å²) in [6.45, 7) is 3.56. The third-order valence-corrected chi connectivity index (χ3v) is 2.43. The van der Waals surface area contributed by atoms with Gasteiger partial charge in [-0.05, 0) is 6.42 Å². The van der Waals surface area contributed by atoms with Crippen molar-refractivity contribution in [2.75, 3.05) is 19.0 Å². The second-order valence-electron chi connectivity index (χ2n) is 4.12. The number of esters is 1. The average Bonchev–Trinajstić information content (AvgIpc) is 2.89. The lowest BCUT2D eigenvalue weighted by Gasteiger charge is -2.03. The monoisotopic (exact) mass is 254 g/mol. The largest absolute Gasteiger partial charge is 0.462 e. The summed E-state index contributed by atoms with van der Waals surface area (Å²) in [7, 11) is 3.56. The van der Waals surface area contributed by atoms with E-state index in [9.17, 15) is 9.59 Å². The van der Waals surface area contributed by atoms with Gasteiger partial charge in [0.1, 0.15) is 18.1 Å². The standard InChI is InChI=1S/C7H10O2.C5H8N2O2/c1-2-3-6-4-5-7(8)9-6;1-7(2)4-3-9-6-5(4)8/h2,6H,1,3-5H2;3H,1-2H3,(H,6,8). The van der Waals surface area contributed by atoms with Crippen LogP contribution in [-0.4, -0.2) is 31.3 Å². The van der Waals surface area contributed by atoms with Gasteiger partial charge in [-0.2, -0.15) is 5.16 Å². The van der Waals surface area contributed by atoms with Crippen LogP contribution in [0.4, 0.5) is 5.69 Å². The Morgan fingerprint density at radius 2 is 2.28 bits per heavy atom. The van der Waals surface area contributed by atoms with Gasteiger partial charge in [-0.1, -0.05) is 6.08 Å². The van der Waals surface area contributed by atoms with Crippen molar-refractivity contribution < 1.29 is 14.1 Å². The average molecular weight is 254 g/mol. The van der Waals surface area contributed by atoms with Crippen LogP contribution in [0.2, 0.25) is 0 Å². The predicted molar refractivity (Wildman–Crippen MR) is 67.6 cm³/mol. The van der Waals surface area contributed by atoms with Crippen molar-refractivity contribution in [1.82, 2.24) is 5.16 Å². The molecule has 1 N–H and O–H groups in total. The third-order valence-electron chi connectivity index (χ3n) is 2.43. The summed E-state index contributed by atoms with van der Waals surface area (Å²) in [4.78, 5) is 22.8. The number of nitrogens with one attached hydrogen (secondary N) is 1. The van der Waals surface area contributed by atoms with Crippen molar-refractivity contribution in [3.05, 3.63) is 29.3 Å². The maximum atomic E-state index is 10.7. The van der Waals surface area contributed by atoms with Crippen LogP contribution in [-0.2, 0) is 9.53 Å². The molecule has 1 saturated heterocycles. The van der Waals surface area contributed by atoms with Crippen molar-refractivity contribution in [3.63, 3.8) is 0 Å². The van der Waals surface area contributed by atoms with Crippen LogP contribution in [0.1, 0.15) is 19.3 Å². The summed E-state index contributed by atoms with van der Waals surface area (Å²) >= 11 is 0. The number of cyclic esters (lactones) is 1. The van der Waals surface area contributed by atoms with Crippen molar-refractivity contribution >= 4 is 11.7 Å². The molecule has 0 spiro atoms. The molecule has 18 heavy (non-hydrogen) atoms. The van der Waals surface area contributed by atoms with Crippen molar-refractivity contribution in [2.24, 2.45) is 0 Å². The van der Waals surface area contributed by atoms with E-state index < -0.39 is 0 Å². The minimum absolute atomic E-state index is 0.0677. The Labute approximate surface area is 105 Å². The highest BCUT2D eigenvalue weighted by Crippen LogP contribution is 2.16. The molecule has 6 heteroatoms. The van der Waals surface area contributed by atoms with E-state index in [0.717, 1.165) is 12.8 Å². The Hall–Kier alpha value is -1.98. The molecule has 1 aromatic heterocycles. The van der Waals surface area contributed by atoms with Gasteiger partial charge in [0.25, 0.3) is 0 Å². The van der Waals surface area contributed by atoms with Crippen molar-refractivity contribution in [1.29, 1.82) is 0 Å². The zero-order valence-electron chi connectivity index (χ0n) is 10.6. The smallest absolute Gasteiger partial charge is 0.306 e. The number of carbonyl (C=O) groups is 1. The number of nitrogens with zero attached hydrogens (tertiary/aromatic N) is 1. The fraction of sp³-hybridized carbons (Fsp3) is 0.500. The lowest BCUT2D eigenvalue weighted by atomic mass is 10.2. The van der Waals surface area contributed by atoms with Gasteiger partial charge in [-0.25, -0.2) is 0 Å². The first kappa shape index (κ1) is 14.1. The second-order valence-corrected chi connectivity index (χ2v) is 4.12. The van der Waals surface area contributed by atoms with Crippen LogP contribution in [0.25, 0.3) is 0 Å². The lowest BCUT2D eigenvalue weighted by Crippen LogP contribution is -2.16. The molecule has 0 aromatic carbocycles. The van der Waals surface area contributed by atoms with E-state index >= 15 is 0 Å². The van der Waals surface area contributed by atoms with Gasteiger partial charge in [0, 0.05) is 26.9 Å². The summed E-state index contributed by atoms with van der Waals surface area (Å²) in [6.07, 6.45) is 5.52. The van der Waals surface area contributed by atoms with Crippen molar-refractivity contribution in [2.45, 2.75) is 25.4 Å². The van der Waals surface area contributed by atoms with Crippen LogP contribution in [0.3, 0.4) is 0 Å². The second kappa shape index (κ2) is 6.68. The fourth-order valence-electron chi connectivity index (χ4n) is 1.49. The molecule has 1 fully saturated rings. The summed E-state index contributed by atoms with van der Waals surface area (Å²) < 4.78 is 9.42. The van der Waals surface area contributed by atoms with E-state index in [1.807, 2.05) is 0 Å². The number of H-pyrrole nitrogens is 1.